The summed E-state index contributed by atoms with van der Waals surface area (Å²) in [4.78, 5) is 0. The van der Waals surface area contributed by atoms with E-state index in [4.69, 9.17) is 5.26 Å². The van der Waals surface area contributed by atoms with Crippen molar-refractivity contribution >= 4 is 0 Å². The largest absolute Gasteiger partial charge is 0.412 e. The molecule has 0 fully saturated rings. The lowest BCUT2D eigenvalue weighted by Crippen LogP contribution is -1.91. The lowest BCUT2D eigenvalue weighted by Gasteiger charge is -1.51. The molecule has 0 aromatic rings. The Hall–Kier alpha value is -0.590. The van der Waals surface area contributed by atoms with E-state index in [9.17, 15) is 0 Å². The summed E-state index contributed by atoms with van der Waals surface area (Å²) < 4.78 is 0. The fourth-order valence-electron chi connectivity index (χ4n) is 0. The highest BCUT2D eigenvalue weighted by molar-refractivity contribution is 4.67. The first-order chi connectivity index (χ1) is 1.91. The van der Waals surface area contributed by atoms with Crippen LogP contribution in [-0.4, -0.2) is 12.0 Å². The summed E-state index contributed by atoms with van der Waals surface area (Å²) in [6, 6.07) is 1.71. The van der Waals surface area contributed by atoms with Crippen molar-refractivity contribution in [3.8, 4) is 6.07 Å². The summed E-state index contributed by atoms with van der Waals surface area (Å²) in [6.07, 6.45) is 0. The maximum atomic E-state index is 7.50. The van der Waals surface area contributed by atoms with E-state index in [1.807, 2.05) is 0 Å². The van der Waals surface area contributed by atoms with E-state index in [1.54, 1.807) is 6.07 Å². The van der Waals surface area contributed by atoms with E-state index >= 15 is 0 Å². The van der Waals surface area contributed by atoms with Crippen molar-refractivity contribution in [3.05, 3.63) is 0 Å². The van der Waals surface area contributed by atoms with Crippen molar-refractivity contribution in [2.45, 2.75) is 0 Å². The average Bonchev–Trinajstić information content (AvgIpc) is 1.37. The van der Waals surface area contributed by atoms with Crippen LogP contribution >= 0.6 is 0 Å². The van der Waals surface area contributed by atoms with Crippen molar-refractivity contribution < 1.29 is 5.48 Å². The average molecular weight is 74.1 g/mol. The molecule has 0 heterocycles. The molecule has 0 amide bonds. The smallest absolute Gasteiger partial charge is 0.0815 e. The number of nitrogens with zero attached hydrogens (tertiary/aromatic N) is 1. The van der Waals surface area contributed by atoms with Crippen LogP contribution in [0.2, 0.25) is 0 Å². The Balaban J connectivity index is 0. The molecule has 0 bridgehead atoms. The van der Waals surface area contributed by atoms with E-state index in [1.165, 1.54) is 0 Å². The van der Waals surface area contributed by atoms with Gasteiger partial charge in [0.1, 0.15) is 0 Å². The Labute approximate surface area is 30.3 Å². The van der Waals surface area contributed by atoms with Crippen LogP contribution in [0.25, 0.3) is 0 Å². The second-order valence-corrected chi connectivity index (χ2v) is 0.362. The van der Waals surface area contributed by atoms with Gasteiger partial charge in [0.2, 0.25) is 0 Å². The molecule has 0 aliphatic rings. The fraction of sp³-hybridized carbons (Fsp3) is 0.500. The number of rotatable bonds is 0. The van der Waals surface area contributed by atoms with E-state index in [0.717, 1.165) is 0 Å². The lowest BCUT2D eigenvalue weighted by atomic mass is 10.8. The topological polar surface area (TPSA) is 81.3 Å². The summed E-state index contributed by atoms with van der Waals surface area (Å²) >= 11 is 0. The summed E-state index contributed by atoms with van der Waals surface area (Å²) in [5.41, 5.74) is 4.67. The highest BCUT2D eigenvalue weighted by Crippen LogP contribution is 1.25. The summed E-state index contributed by atoms with van der Waals surface area (Å²) in [5.74, 6) is 0. The SMILES string of the molecule is N#CCN.O. The van der Waals surface area contributed by atoms with Crippen molar-refractivity contribution in [1.29, 1.82) is 5.26 Å². The van der Waals surface area contributed by atoms with Crippen molar-refractivity contribution in [3.63, 3.8) is 0 Å². The second-order valence-electron chi connectivity index (χ2n) is 0.362. The zero-order valence-electron chi connectivity index (χ0n) is 2.73. The van der Waals surface area contributed by atoms with Gasteiger partial charge in [-0.3, -0.25) is 0 Å². The zero-order valence-corrected chi connectivity index (χ0v) is 2.73. The molecule has 0 aromatic carbocycles. The minimum absolute atomic E-state index is 0. The van der Waals surface area contributed by atoms with Gasteiger partial charge in [0.15, 0.2) is 0 Å². The zero-order chi connectivity index (χ0) is 3.41. The lowest BCUT2D eigenvalue weighted by molar-refractivity contribution is 0.824. The maximum absolute atomic E-state index is 7.50. The Bertz CT molecular complexity index is 37.4. The quantitative estimate of drug-likeness (QED) is 0.360. The molecular weight excluding hydrogens is 68.0 g/mol. The Kier molecular flexibility index (Phi) is 17.6. The maximum Gasteiger partial charge on any atom is 0.0815 e. The molecule has 4 N–H and O–H groups in total. The van der Waals surface area contributed by atoms with Crippen LogP contribution in [0.1, 0.15) is 0 Å². The van der Waals surface area contributed by atoms with Gasteiger partial charge < -0.3 is 11.2 Å². The molecule has 3 nitrogen and oxygen atoms in total. The van der Waals surface area contributed by atoms with Crippen LogP contribution in [0, 0.1) is 11.3 Å². The van der Waals surface area contributed by atoms with Gasteiger partial charge in [0.25, 0.3) is 0 Å². The molecule has 3 heteroatoms. The van der Waals surface area contributed by atoms with Crippen LogP contribution in [-0.2, 0) is 0 Å². The highest BCUT2D eigenvalue weighted by Gasteiger charge is 1.48. The Morgan fingerprint density at radius 2 is 2.00 bits per heavy atom. The Morgan fingerprint density at radius 3 is 2.00 bits per heavy atom. The molecular formula is C2H6N2O. The van der Waals surface area contributed by atoms with Gasteiger partial charge >= 0.3 is 0 Å². The molecule has 0 unspecified atom stereocenters. The first kappa shape index (κ1) is 8.83. The van der Waals surface area contributed by atoms with Gasteiger partial charge in [-0.15, -0.1) is 0 Å². The summed E-state index contributed by atoms with van der Waals surface area (Å²) in [5, 5.41) is 7.50. The van der Waals surface area contributed by atoms with E-state index in [0.29, 0.717) is 0 Å². The fourth-order valence-corrected chi connectivity index (χ4v) is 0. The van der Waals surface area contributed by atoms with Crippen molar-refractivity contribution in [1.82, 2.24) is 0 Å². The van der Waals surface area contributed by atoms with Crippen LogP contribution in [0.5, 0.6) is 0 Å². The third kappa shape index (κ3) is 40.3. The molecule has 0 aliphatic carbocycles. The van der Waals surface area contributed by atoms with E-state index in [-0.39, 0.29) is 12.0 Å². The molecule has 30 valence electrons. The first-order valence-electron chi connectivity index (χ1n) is 0.985. The third-order valence-electron chi connectivity index (χ3n) is 0.0913. The van der Waals surface area contributed by atoms with Gasteiger partial charge in [-0.05, 0) is 0 Å². The number of hydrogen-bond acceptors (Lipinski definition) is 2. The predicted molar refractivity (Wildman–Crippen MR) is 18.3 cm³/mol. The normalized spacial score (nSPS) is 4.00. The van der Waals surface area contributed by atoms with Gasteiger partial charge in [0, 0.05) is 0 Å². The standard InChI is InChI=1S/C2H4N2.H2O/c3-1-2-4;/h1,3H2;1H2. The highest BCUT2D eigenvalue weighted by atomic mass is 16.0. The molecule has 0 saturated carbocycles. The van der Waals surface area contributed by atoms with E-state index < -0.39 is 0 Å². The molecule has 0 rings (SSSR count). The first-order valence-corrected chi connectivity index (χ1v) is 0.985. The molecule has 5 heavy (non-hydrogen) atoms. The molecule has 0 aliphatic heterocycles. The van der Waals surface area contributed by atoms with Crippen LogP contribution in [0.4, 0.5) is 0 Å². The van der Waals surface area contributed by atoms with Crippen molar-refractivity contribution in [2.24, 2.45) is 5.73 Å². The van der Waals surface area contributed by atoms with Gasteiger partial charge in [-0.2, -0.15) is 5.26 Å². The van der Waals surface area contributed by atoms with Gasteiger partial charge in [-0.1, -0.05) is 0 Å². The van der Waals surface area contributed by atoms with Crippen molar-refractivity contribution in [2.75, 3.05) is 6.54 Å². The third-order valence-corrected chi connectivity index (χ3v) is 0.0913. The van der Waals surface area contributed by atoms with Crippen LogP contribution < -0.4 is 5.73 Å². The molecule has 0 radical (unpaired) electrons. The molecule has 0 atom stereocenters. The minimum atomic E-state index is 0. The number of nitrogens with two attached hydrogens (primary N) is 1. The van der Waals surface area contributed by atoms with Gasteiger partial charge in [-0.25, -0.2) is 0 Å². The predicted octanol–water partition coefficient (Wildman–Crippen LogP) is -1.36. The molecule has 0 spiro atoms. The molecule has 0 saturated heterocycles. The van der Waals surface area contributed by atoms with Gasteiger partial charge in [0.05, 0.1) is 12.6 Å². The Morgan fingerprint density at radius 1 is 1.80 bits per heavy atom. The molecule has 0 aromatic heterocycles. The van der Waals surface area contributed by atoms with E-state index in [2.05, 4.69) is 5.73 Å². The van der Waals surface area contributed by atoms with Crippen LogP contribution in [0.15, 0.2) is 0 Å². The minimum Gasteiger partial charge on any atom is -0.412 e. The number of nitriles is 1. The second kappa shape index (κ2) is 9.96. The summed E-state index contributed by atoms with van der Waals surface area (Å²) in [7, 11) is 0. The number of hydrogen-bond donors (Lipinski definition) is 1. The van der Waals surface area contributed by atoms with Crippen LogP contribution in [0.3, 0.4) is 0 Å². The monoisotopic (exact) mass is 74.0 g/mol. The summed E-state index contributed by atoms with van der Waals surface area (Å²) in [6.45, 7) is 0.125.